The number of para-hydroxylation sites is 1. The zero-order chi connectivity index (χ0) is 28.3. The van der Waals surface area contributed by atoms with Crippen LogP contribution in [0, 0.1) is 0 Å². The highest BCUT2D eigenvalue weighted by molar-refractivity contribution is 7.86. The smallest absolute Gasteiger partial charge is 0.296 e. The van der Waals surface area contributed by atoms with Crippen molar-refractivity contribution in [2.45, 2.75) is 25.2 Å². The van der Waals surface area contributed by atoms with Gasteiger partial charge in [0.1, 0.15) is 27.7 Å². The third kappa shape index (κ3) is 5.84. The molecule has 0 radical (unpaired) electrons. The van der Waals surface area contributed by atoms with Gasteiger partial charge >= 0.3 is 0 Å². The number of nitrogens with one attached hydrogen (secondary N) is 1. The van der Waals surface area contributed by atoms with Gasteiger partial charge in [-0.1, -0.05) is 66.5 Å². The molecule has 0 atom stereocenters. The van der Waals surface area contributed by atoms with E-state index in [1.807, 2.05) is 6.92 Å². The number of amides is 1. The Balaban J connectivity index is 1.87. The fourth-order valence-electron chi connectivity index (χ4n) is 3.94. The zero-order valence-corrected chi connectivity index (χ0v) is 23.1. The quantitative estimate of drug-likeness (QED) is 0.142. The van der Waals surface area contributed by atoms with Gasteiger partial charge in [0.25, 0.3) is 16.0 Å². The molecule has 0 aliphatic rings. The van der Waals surface area contributed by atoms with Crippen LogP contribution >= 0.6 is 23.2 Å². The highest BCUT2D eigenvalue weighted by Gasteiger charge is 2.23. The van der Waals surface area contributed by atoms with Gasteiger partial charge in [0.05, 0.1) is 22.2 Å². The number of ether oxygens (including phenoxy) is 1. The third-order valence-corrected chi connectivity index (χ3v) is 7.44. The van der Waals surface area contributed by atoms with Crippen molar-refractivity contribution < 1.29 is 27.6 Å². The fraction of sp³-hybridized carbons (Fsp3) is 0.148. The van der Waals surface area contributed by atoms with E-state index < -0.39 is 26.7 Å². The first kappa shape index (κ1) is 28.3. The Hall–Kier alpha value is -3.70. The summed E-state index contributed by atoms with van der Waals surface area (Å²) in [6, 6.07) is 15.8. The number of azo groups is 1. The highest BCUT2D eigenvalue weighted by Crippen LogP contribution is 2.42. The molecule has 0 aromatic heterocycles. The van der Waals surface area contributed by atoms with Crippen molar-refractivity contribution in [3.8, 4) is 11.5 Å². The summed E-state index contributed by atoms with van der Waals surface area (Å²) in [6.07, 6.45) is 0.461. The molecule has 0 aliphatic heterocycles. The van der Waals surface area contributed by atoms with Crippen LogP contribution in [0.25, 0.3) is 10.8 Å². The monoisotopic (exact) mass is 587 g/mol. The second-order valence-electron chi connectivity index (χ2n) is 8.26. The van der Waals surface area contributed by atoms with Crippen molar-refractivity contribution >= 4 is 67.1 Å². The van der Waals surface area contributed by atoms with Gasteiger partial charge in [-0.15, -0.1) is 10.2 Å². The van der Waals surface area contributed by atoms with Gasteiger partial charge in [0.2, 0.25) is 0 Å². The van der Waals surface area contributed by atoms with Gasteiger partial charge < -0.3 is 15.2 Å². The summed E-state index contributed by atoms with van der Waals surface area (Å²) in [5.41, 5.74) is 0.247. The molecule has 12 heteroatoms. The van der Waals surface area contributed by atoms with Crippen LogP contribution in [0.5, 0.6) is 11.5 Å². The van der Waals surface area contributed by atoms with Crippen LogP contribution in [0.2, 0.25) is 10.0 Å². The molecule has 0 aliphatic carbocycles. The molecule has 202 valence electrons. The summed E-state index contributed by atoms with van der Waals surface area (Å²) in [7, 11) is -4.70. The normalized spacial score (nSPS) is 11.7. The molecule has 0 heterocycles. The minimum absolute atomic E-state index is 0.0174. The van der Waals surface area contributed by atoms with E-state index in [0.717, 1.165) is 0 Å². The van der Waals surface area contributed by atoms with Crippen molar-refractivity contribution in [1.29, 1.82) is 0 Å². The molecule has 9 nitrogen and oxygen atoms in total. The number of anilines is 1. The zero-order valence-electron chi connectivity index (χ0n) is 20.8. The van der Waals surface area contributed by atoms with Gasteiger partial charge in [0, 0.05) is 5.39 Å². The number of aryl methyl sites for hydroxylation is 1. The lowest BCUT2D eigenvalue weighted by Gasteiger charge is -2.15. The maximum absolute atomic E-state index is 13.3. The Kier molecular flexibility index (Phi) is 8.41. The van der Waals surface area contributed by atoms with Gasteiger partial charge in [-0.05, 0) is 48.6 Å². The van der Waals surface area contributed by atoms with Crippen molar-refractivity contribution in [3.63, 3.8) is 0 Å². The Morgan fingerprint density at radius 2 is 1.72 bits per heavy atom. The maximum atomic E-state index is 13.3. The third-order valence-electron chi connectivity index (χ3n) is 5.82. The van der Waals surface area contributed by atoms with Gasteiger partial charge in [-0.3, -0.25) is 9.35 Å². The Morgan fingerprint density at radius 1 is 1.00 bits per heavy atom. The van der Waals surface area contributed by atoms with Crippen LogP contribution in [-0.4, -0.2) is 30.6 Å². The number of nitrogens with zero attached hydrogens (tertiary/aromatic N) is 2. The average molecular weight is 588 g/mol. The molecule has 1 amide bonds. The first-order valence-corrected chi connectivity index (χ1v) is 13.9. The highest BCUT2D eigenvalue weighted by atomic mass is 35.5. The minimum atomic E-state index is -4.70. The molecule has 4 aromatic rings. The molecule has 0 unspecified atom stereocenters. The van der Waals surface area contributed by atoms with Crippen LogP contribution in [-0.2, 0) is 16.5 Å². The summed E-state index contributed by atoms with van der Waals surface area (Å²) in [5, 5.41) is 23.2. The predicted molar refractivity (Wildman–Crippen MR) is 151 cm³/mol. The molecule has 0 fully saturated rings. The van der Waals surface area contributed by atoms with E-state index in [2.05, 4.69) is 15.5 Å². The SMILES string of the molecule is CCOc1cccc(Cl)c1NC(=O)c1cc2ccccc2c(N=Nc2c(S(=O)(=O)O)ccc(CC)c2Cl)c1O. The lowest BCUT2D eigenvalue weighted by molar-refractivity contribution is 0.102. The minimum Gasteiger partial charge on any atom is -0.505 e. The molecule has 4 aromatic carbocycles. The Bertz CT molecular complexity index is 1720. The van der Waals surface area contributed by atoms with Crippen LogP contribution in [0.1, 0.15) is 29.8 Å². The Morgan fingerprint density at radius 3 is 2.41 bits per heavy atom. The number of benzene rings is 4. The summed E-state index contributed by atoms with van der Waals surface area (Å²) < 4.78 is 39.2. The number of hydrogen-bond acceptors (Lipinski definition) is 7. The molecule has 3 N–H and O–H groups in total. The first-order valence-electron chi connectivity index (χ1n) is 11.7. The van der Waals surface area contributed by atoms with Crippen molar-refractivity contribution in [2.24, 2.45) is 10.2 Å². The van der Waals surface area contributed by atoms with Crippen LogP contribution in [0.3, 0.4) is 0 Å². The number of aromatic hydroxyl groups is 1. The van der Waals surface area contributed by atoms with Gasteiger partial charge in [-0.2, -0.15) is 8.42 Å². The summed E-state index contributed by atoms with van der Waals surface area (Å²) in [4.78, 5) is 12.8. The molecular weight excluding hydrogens is 565 g/mol. The van der Waals surface area contributed by atoms with Crippen molar-refractivity contribution in [2.75, 3.05) is 11.9 Å². The number of carbonyl (C=O) groups excluding carboxylic acids is 1. The largest absolute Gasteiger partial charge is 0.505 e. The van der Waals surface area contributed by atoms with E-state index in [4.69, 9.17) is 27.9 Å². The summed E-state index contributed by atoms with van der Waals surface area (Å²) in [5.74, 6) is -0.869. The number of phenolic OH excluding ortho intramolecular Hbond substituents is 1. The molecule has 39 heavy (non-hydrogen) atoms. The van der Waals surface area contributed by atoms with Gasteiger partial charge in [0.15, 0.2) is 5.75 Å². The van der Waals surface area contributed by atoms with Crippen LogP contribution in [0.15, 0.2) is 75.8 Å². The predicted octanol–water partition coefficient (Wildman–Crippen LogP) is 7.73. The topological polar surface area (TPSA) is 138 Å². The molecule has 0 spiro atoms. The summed E-state index contributed by atoms with van der Waals surface area (Å²) >= 11 is 12.7. The average Bonchev–Trinajstić information content (AvgIpc) is 2.89. The Labute approximate surface area is 234 Å². The number of rotatable bonds is 8. The van der Waals surface area contributed by atoms with Crippen molar-refractivity contribution in [1.82, 2.24) is 0 Å². The van der Waals surface area contributed by atoms with E-state index in [9.17, 15) is 22.9 Å². The first-order chi connectivity index (χ1) is 18.6. The molecule has 0 saturated heterocycles. The van der Waals surface area contributed by atoms with E-state index in [-0.39, 0.29) is 32.7 Å². The maximum Gasteiger partial charge on any atom is 0.296 e. The van der Waals surface area contributed by atoms with E-state index in [1.54, 1.807) is 49.4 Å². The standard InChI is InChI=1S/C27H23Cl2N3O6S/c1-3-15-12-13-21(39(35,36)37)25(22(15)29)32-31-23-17-9-6-5-8-16(17)14-18(26(23)33)27(34)30-24-19(28)10-7-11-20(24)38-4-2/h5-14,33H,3-4H2,1-2H3,(H,30,34)(H,35,36,37). The molecule has 0 bridgehead atoms. The number of carbonyl (C=O) groups is 1. The number of hydrogen-bond donors (Lipinski definition) is 3. The number of halogens is 2. The number of fused-ring (bicyclic) bond motifs is 1. The summed E-state index contributed by atoms with van der Waals surface area (Å²) in [6.45, 7) is 3.93. The lowest BCUT2D eigenvalue weighted by Crippen LogP contribution is -2.14. The lowest BCUT2D eigenvalue weighted by atomic mass is 10.0. The van der Waals surface area contributed by atoms with E-state index >= 15 is 0 Å². The van der Waals surface area contributed by atoms with E-state index in [0.29, 0.717) is 35.1 Å². The second kappa shape index (κ2) is 11.6. The molecule has 0 saturated carbocycles. The molecule has 4 rings (SSSR count). The van der Waals surface area contributed by atoms with Gasteiger partial charge in [-0.25, -0.2) is 0 Å². The van der Waals surface area contributed by atoms with E-state index in [1.165, 1.54) is 18.2 Å². The molecular formula is C27H23Cl2N3O6S. The fourth-order valence-corrected chi connectivity index (χ4v) is 5.17. The van der Waals surface area contributed by atoms with Crippen LogP contribution in [0.4, 0.5) is 17.1 Å². The van der Waals surface area contributed by atoms with Crippen LogP contribution < -0.4 is 10.1 Å². The van der Waals surface area contributed by atoms with Crippen molar-refractivity contribution in [3.05, 3.63) is 81.8 Å². The number of phenols is 1. The second-order valence-corrected chi connectivity index (χ2v) is 10.4.